The number of hydrogen-bond acceptors (Lipinski definition) is 3. The van der Waals surface area contributed by atoms with E-state index in [1.54, 1.807) is 4.90 Å². The summed E-state index contributed by atoms with van der Waals surface area (Å²) in [5.41, 5.74) is 2.14. The van der Waals surface area contributed by atoms with E-state index in [4.69, 9.17) is 0 Å². The van der Waals surface area contributed by atoms with Crippen LogP contribution in [0.15, 0.2) is 60.7 Å². The highest BCUT2D eigenvalue weighted by molar-refractivity contribution is 8.14. The molecule has 0 aromatic heterocycles. The lowest BCUT2D eigenvalue weighted by Gasteiger charge is -2.22. The van der Waals surface area contributed by atoms with Gasteiger partial charge < -0.3 is 9.80 Å². The Morgan fingerprint density at radius 3 is 1.96 bits per heavy atom. The van der Waals surface area contributed by atoms with Gasteiger partial charge in [0.25, 0.3) is 0 Å². The Hall–Kier alpha value is -2.27. The van der Waals surface area contributed by atoms with E-state index in [0.717, 1.165) is 11.1 Å². The van der Waals surface area contributed by atoms with E-state index in [-0.39, 0.29) is 23.2 Å². The fraction of sp³-hybridized carbons (Fsp3) is 0.263. The number of carbonyl (C=O) groups is 2. The number of fused-ring (bicyclic) bond motifs is 1. The largest absolute Gasteiger partial charge is 0.321 e. The Labute approximate surface area is 145 Å². The van der Waals surface area contributed by atoms with E-state index in [9.17, 15) is 9.59 Å². The summed E-state index contributed by atoms with van der Waals surface area (Å²) < 4.78 is 0. The molecule has 2 saturated heterocycles. The predicted octanol–water partition coefficient (Wildman–Crippen LogP) is 3.14. The van der Waals surface area contributed by atoms with E-state index >= 15 is 0 Å². The summed E-state index contributed by atoms with van der Waals surface area (Å²) in [6.45, 7) is 1.04. The summed E-state index contributed by atoms with van der Waals surface area (Å²) >= 11 is 1.35. The van der Waals surface area contributed by atoms with Crippen molar-refractivity contribution in [3.8, 4) is 0 Å². The summed E-state index contributed by atoms with van der Waals surface area (Å²) in [5.74, 6) is 0.688. The van der Waals surface area contributed by atoms with Crippen molar-refractivity contribution in [3.63, 3.8) is 0 Å². The van der Waals surface area contributed by atoms with E-state index in [0.29, 0.717) is 18.8 Å². The Bertz CT molecular complexity index is 750. The Balaban J connectivity index is 1.60. The SMILES string of the molecule is O=C1SC[C@H]2C1N(Cc1ccccc1)C(=O)N2Cc1ccccc1. The lowest BCUT2D eigenvalue weighted by Crippen LogP contribution is -2.38. The summed E-state index contributed by atoms with van der Waals surface area (Å²) in [7, 11) is 0. The van der Waals surface area contributed by atoms with Crippen LogP contribution in [0.1, 0.15) is 11.1 Å². The third kappa shape index (κ3) is 2.69. The van der Waals surface area contributed by atoms with Crippen LogP contribution in [-0.2, 0) is 17.9 Å². The first-order valence-electron chi connectivity index (χ1n) is 8.06. The van der Waals surface area contributed by atoms with Crippen molar-refractivity contribution in [1.29, 1.82) is 0 Å². The van der Waals surface area contributed by atoms with E-state index in [1.807, 2.05) is 65.6 Å². The van der Waals surface area contributed by atoms with Gasteiger partial charge in [-0.25, -0.2) is 4.79 Å². The average Bonchev–Trinajstić information content (AvgIpc) is 3.11. The number of rotatable bonds is 4. The fourth-order valence-corrected chi connectivity index (χ4v) is 4.59. The lowest BCUT2D eigenvalue weighted by molar-refractivity contribution is -0.114. The van der Waals surface area contributed by atoms with E-state index in [2.05, 4.69) is 0 Å². The van der Waals surface area contributed by atoms with Crippen molar-refractivity contribution in [3.05, 3.63) is 71.8 Å². The van der Waals surface area contributed by atoms with Crippen molar-refractivity contribution in [2.75, 3.05) is 5.75 Å². The standard InChI is InChI=1S/C19H18N2O2S/c22-18-17-16(13-24-18)20(11-14-7-3-1-4-8-14)19(23)21(17)12-15-9-5-2-6-10-15/h1-10,16-17H,11-13H2/t16-,17?/m0/s1. The number of benzene rings is 2. The molecule has 0 spiro atoms. The average molecular weight is 338 g/mol. The first-order chi connectivity index (χ1) is 11.7. The number of hydrogen-bond donors (Lipinski definition) is 0. The third-order valence-corrected chi connectivity index (χ3v) is 5.66. The molecule has 2 aliphatic rings. The minimum Gasteiger partial charge on any atom is -0.314 e. The fourth-order valence-electron chi connectivity index (χ4n) is 3.43. The Kier molecular flexibility index (Phi) is 4.02. The topological polar surface area (TPSA) is 40.6 Å². The number of amides is 2. The van der Waals surface area contributed by atoms with Gasteiger partial charge in [-0.05, 0) is 11.1 Å². The molecule has 1 unspecified atom stereocenters. The summed E-state index contributed by atoms with van der Waals surface area (Å²) in [5, 5.41) is 0.111. The van der Waals surface area contributed by atoms with Gasteiger partial charge in [0.2, 0.25) is 5.12 Å². The predicted molar refractivity (Wildman–Crippen MR) is 94.4 cm³/mol. The van der Waals surface area contributed by atoms with Crippen molar-refractivity contribution < 1.29 is 9.59 Å². The second-order valence-electron chi connectivity index (χ2n) is 6.15. The van der Waals surface area contributed by atoms with Crippen LogP contribution in [0.5, 0.6) is 0 Å². The molecule has 2 fully saturated rings. The minimum absolute atomic E-state index is 0.0288. The molecule has 0 saturated carbocycles. The molecule has 0 aliphatic carbocycles. The molecule has 24 heavy (non-hydrogen) atoms. The smallest absolute Gasteiger partial charge is 0.314 e. The molecule has 2 amide bonds. The molecule has 2 aromatic carbocycles. The van der Waals surface area contributed by atoms with E-state index < -0.39 is 0 Å². The summed E-state index contributed by atoms with van der Waals surface area (Å²) in [4.78, 5) is 28.9. The van der Waals surface area contributed by atoms with Crippen molar-refractivity contribution in [2.24, 2.45) is 0 Å². The van der Waals surface area contributed by atoms with Crippen molar-refractivity contribution >= 4 is 22.9 Å². The molecule has 5 heteroatoms. The van der Waals surface area contributed by atoms with Gasteiger partial charge in [0, 0.05) is 18.8 Å². The molecule has 2 heterocycles. The van der Waals surface area contributed by atoms with Crippen LogP contribution in [0, 0.1) is 0 Å². The highest BCUT2D eigenvalue weighted by Crippen LogP contribution is 2.37. The second-order valence-corrected chi connectivity index (χ2v) is 7.18. The molecule has 4 nitrogen and oxygen atoms in total. The molecule has 4 rings (SSSR count). The molecular weight excluding hydrogens is 320 g/mol. The molecule has 0 bridgehead atoms. The van der Waals surface area contributed by atoms with Crippen LogP contribution in [0.25, 0.3) is 0 Å². The second kappa shape index (κ2) is 6.32. The molecule has 2 aliphatic heterocycles. The van der Waals surface area contributed by atoms with Gasteiger partial charge in [-0.3, -0.25) is 4.79 Å². The molecule has 2 atom stereocenters. The van der Waals surface area contributed by atoms with Gasteiger partial charge in [-0.15, -0.1) is 0 Å². The normalized spacial score (nSPS) is 23.0. The summed E-state index contributed by atoms with van der Waals surface area (Å²) in [6, 6.07) is 19.4. The third-order valence-electron chi connectivity index (χ3n) is 4.62. The monoisotopic (exact) mass is 338 g/mol. The van der Waals surface area contributed by atoms with Crippen LogP contribution in [0.4, 0.5) is 4.79 Å². The Morgan fingerprint density at radius 2 is 1.38 bits per heavy atom. The molecule has 0 N–H and O–H groups in total. The van der Waals surface area contributed by atoms with Crippen molar-refractivity contribution in [1.82, 2.24) is 9.80 Å². The minimum atomic E-state index is -0.327. The zero-order valence-corrected chi connectivity index (χ0v) is 14.0. The van der Waals surface area contributed by atoms with Gasteiger partial charge >= 0.3 is 6.03 Å². The highest BCUT2D eigenvalue weighted by atomic mass is 32.2. The molecule has 0 radical (unpaired) electrons. The van der Waals surface area contributed by atoms with Crippen LogP contribution in [-0.4, -0.2) is 38.8 Å². The maximum Gasteiger partial charge on any atom is 0.321 e. The van der Waals surface area contributed by atoms with Gasteiger partial charge in [-0.1, -0.05) is 72.4 Å². The lowest BCUT2D eigenvalue weighted by atomic mass is 10.1. The van der Waals surface area contributed by atoms with Gasteiger partial charge in [0.05, 0.1) is 6.04 Å². The zero-order valence-electron chi connectivity index (χ0n) is 13.2. The number of urea groups is 1. The van der Waals surface area contributed by atoms with Gasteiger partial charge in [-0.2, -0.15) is 0 Å². The van der Waals surface area contributed by atoms with Crippen LogP contribution < -0.4 is 0 Å². The quantitative estimate of drug-likeness (QED) is 0.804. The maximum atomic E-state index is 13.0. The molecule has 2 aromatic rings. The van der Waals surface area contributed by atoms with Crippen LogP contribution >= 0.6 is 11.8 Å². The Morgan fingerprint density at radius 1 is 0.833 bits per heavy atom. The maximum absolute atomic E-state index is 13.0. The molecular formula is C19H18N2O2S. The van der Waals surface area contributed by atoms with Crippen molar-refractivity contribution in [2.45, 2.75) is 25.2 Å². The summed E-state index contributed by atoms with van der Waals surface area (Å²) in [6.07, 6.45) is 0. The zero-order chi connectivity index (χ0) is 16.5. The van der Waals surface area contributed by atoms with Crippen LogP contribution in [0.2, 0.25) is 0 Å². The molecule has 122 valence electrons. The van der Waals surface area contributed by atoms with E-state index in [1.165, 1.54) is 11.8 Å². The first-order valence-corrected chi connectivity index (χ1v) is 9.04. The first kappa shape index (κ1) is 15.3. The van der Waals surface area contributed by atoms with Gasteiger partial charge in [0.15, 0.2) is 0 Å². The van der Waals surface area contributed by atoms with Gasteiger partial charge in [0.1, 0.15) is 6.04 Å². The van der Waals surface area contributed by atoms with Crippen LogP contribution in [0.3, 0.4) is 0 Å². The highest BCUT2D eigenvalue weighted by Gasteiger charge is 2.52. The number of thioether (sulfide) groups is 1. The number of nitrogens with zero attached hydrogens (tertiary/aromatic N) is 2. The number of carbonyl (C=O) groups excluding carboxylic acids is 2.